The predicted octanol–water partition coefficient (Wildman–Crippen LogP) is 5.28. The first kappa shape index (κ1) is 22.1. The molecule has 4 rings (SSSR count). The minimum atomic E-state index is -0.00563. The minimum absolute atomic E-state index is 0.00563. The molecule has 1 aromatic heterocycles. The van der Waals surface area contributed by atoms with Gasteiger partial charge in [0.05, 0.1) is 19.2 Å². The Morgan fingerprint density at radius 2 is 1.77 bits per heavy atom. The fourth-order valence-electron chi connectivity index (χ4n) is 3.93. The zero-order valence-corrected chi connectivity index (χ0v) is 18.9. The van der Waals surface area contributed by atoms with E-state index < -0.39 is 0 Å². The molecule has 159 valence electrons. The summed E-state index contributed by atoms with van der Waals surface area (Å²) in [5, 5.41) is 0. The van der Waals surface area contributed by atoms with Gasteiger partial charge in [-0.1, -0.05) is 30.2 Å². The molecule has 1 aromatic carbocycles. The maximum Gasteiger partial charge on any atom is 0.260 e. The molecule has 0 spiro atoms. The standard InChI is InChI=1S/C17H20N2O2.C9H13/c1-12-9-13(2)19(17(20)16(12)10-18-3)11-14-5-7-15(21-4)8-6-14;1-7-2-4-8-6-9(8)5-3-7/h5-10H,11H2,1-4H3;6-7H,2-5H2,1H3. The summed E-state index contributed by atoms with van der Waals surface area (Å²) in [5.74, 6) is 1.79. The number of methoxy groups -OCH3 is 1. The number of aromatic nitrogens is 1. The van der Waals surface area contributed by atoms with Crippen molar-refractivity contribution in [3.8, 4) is 5.75 Å². The SMILES string of the molecule is CC1CCC2=C([CH]2)CC1.CN=Cc1c(C)cc(C)n(Cc2ccc(OC)cc2)c1=O. The largest absolute Gasteiger partial charge is 0.497 e. The molecule has 0 saturated heterocycles. The highest BCUT2D eigenvalue weighted by atomic mass is 16.5. The third kappa shape index (κ3) is 5.50. The van der Waals surface area contributed by atoms with Gasteiger partial charge in [0.25, 0.3) is 5.56 Å². The molecule has 30 heavy (non-hydrogen) atoms. The van der Waals surface area contributed by atoms with Crippen LogP contribution in [0.4, 0.5) is 0 Å². The van der Waals surface area contributed by atoms with Gasteiger partial charge in [-0.25, -0.2) is 0 Å². The second-order valence-electron chi connectivity index (χ2n) is 8.39. The van der Waals surface area contributed by atoms with Gasteiger partial charge in [-0.3, -0.25) is 9.79 Å². The van der Waals surface area contributed by atoms with Crippen LogP contribution < -0.4 is 10.3 Å². The third-order valence-electron chi connectivity index (χ3n) is 6.00. The second-order valence-corrected chi connectivity index (χ2v) is 8.39. The highest BCUT2D eigenvalue weighted by molar-refractivity contribution is 5.81. The predicted molar refractivity (Wildman–Crippen MR) is 125 cm³/mol. The smallest absolute Gasteiger partial charge is 0.260 e. The van der Waals surface area contributed by atoms with Crippen LogP contribution in [0.25, 0.3) is 0 Å². The Bertz CT molecular complexity index is 981. The van der Waals surface area contributed by atoms with Crippen LogP contribution in [-0.2, 0) is 6.54 Å². The lowest BCUT2D eigenvalue weighted by atomic mass is 10.00. The van der Waals surface area contributed by atoms with Crippen LogP contribution in [0.1, 0.15) is 55.0 Å². The van der Waals surface area contributed by atoms with Crippen molar-refractivity contribution >= 4 is 6.21 Å². The van der Waals surface area contributed by atoms with E-state index >= 15 is 0 Å². The summed E-state index contributed by atoms with van der Waals surface area (Å²) in [6.07, 6.45) is 9.59. The molecule has 1 radical (unpaired) electrons. The van der Waals surface area contributed by atoms with Gasteiger partial charge in [0, 0.05) is 25.4 Å². The van der Waals surface area contributed by atoms with Gasteiger partial charge in [0.2, 0.25) is 0 Å². The van der Waals surface area contributed by atoms with Crippen molar-refractivity contribution in [1.82, 2.24) is 4.57 Å². The lowest BCUT2D eigenvalue weighted by Crippen LogP contribution is -2.27. The van der Waals surface area contributed by atoms with E-state index in [9.17, 15) is 4.79 Å². The molecular formula is C26H33N2O2. The van der Waals surface area contributed by atoms with Crippen molar-refractivity contribution in [3.05, 3.63) is 80.6 Å². The second kappa shape index (κ2) is 9.92. The number of hydrogen-bond acceptors (Lipinski definition) is 3. The quantitative estimate of drug-likeness (QED) is 0.650. The Balaban J connectivity index is 0.000000234. The van der Waals surface area contributed by atoms with Gasteiger partial charge in [0.1, 0.15) is 5.75 Å². The minimum Gasteiger partial charge on any atom is -0.497 e. The van der Waals surface area contributed by atoms with E-state index in [1.54, 1.807) is 36.1 Å². The highest BCUT2D eigenvalue weighted by Gasteiger charge is 2.24. The van der Waals surface area contributed by atoms with E-state index in [1.807, 2.05) is 44.2 Å². The van der Waals surface area contributed by atoms with Gasteiger partial charge in [-0.15, -0.1) is 0 Å². The normalized spacial score (nSPS) is 16.0. The number of pyridine rings is 1. The average molecular weight is 406 g/mol. The number of hydrogen-bond donors (Lipinski definition) is 0. The Hall–Kier alpha value is -2.62. The number of ether oxygens (including phenoxy) is 1. The van der Waals surface area contributed by atoms with E-state index in [1.165, 1.54) is 25.7 Å². The maximum absolute atomic E-state index is 12.6. The monoisotopic (exact) mass is 405 g/mol. The van der Waals surface area contributed by atoms with E-state index in [0.29, 0.717) is 12.1 Å². The van der Waals surface area contributed by atoms with Crippen molar-refractivity contribution in [2.45, 2.75) is 53.0 Å². The van der Waals surface area contributed by atoms with E-state index in [2.05, 4.69) is 18.3 Å². The molecule has 0 unspecified atom stereocenters. The van der Waals surface area contributed by atoms with Crippen molar-refractivity contribution in [1.29, 1.82) is 0 Å². The van der Waals surface area contributed by atoms with Gasteiger partial charge in [-0.05, 0) is 74.8 Å². The molecule has 4 heteroatoms. The van der Waals surface area contributed by atoms with Crippen LogP contribution in [0.3, 0.4) is 0 Å². The van der Waals surface area contributed by atoms with Crippen molar-refractivity contribution < 1.29 is 4.74 Å². The molecule has 0 amide bonds. The molecule has 0 atom stereocenters. The number of allylic oxidation sites excluding steroid dienone is 2. The van der Waals surface area contributed by atoms with E-state index in [0.717, 1.165) is 28.5 Å². The van der Waals surface area contributed by atoms with Crippen LogP contribution in [-0.4, -0.2) is 24.9 Å². The number of benzene rings is 1. The zero-order valence-electron chi connectivity index (χ0n) is 18.9. The van der Waals surface area contributed by atoms with Crippen LogP contribution in [0, 0.1) is 26.2 Å². The molecule has 0 saturated carbocycles. The third-order valence-corrected chi connectivity index (χ3v) is 6.00. The first-order chi connectivity index (χ1) is 14.4. The fourth-order valence-corrected chi connectivity index (χ4v) is 3.93. The summed E-state index contributed by atoms with van der Waals surface area (Å²) in [7, 11) is 3.31. The van der Waals surface area contributed by atoms with Gasteiger partial charge >= 0.3 is 0 Å². The van der Waals surface area contributed by atoms with Crippen LogP contribution in [0.2, 0.25) is 0 Å². The summed E-state index contributed by atoms with van der Waals surface area (Å²) in [6, 6.07) is 9.76. The summed E-state index contributed by atoms with van der Waals surface area (Å²) < 4.78 is 6.92. The van der Waals surface area contributed by atoms with E-state index in [4.69, 9.17) is 4.74 Å². The van der Waals surface area contributed by atoms with Crippen LogP contribution in [0.15, 0.2) is 51.3 Å². The molecule has 0 N–H and O–H groups in total. The van der Waals surface area contributed by atoms with Crippen molar-refractivity contribution in [3.63, 3.8) is 0 Å². The Kier molecular flexibility index (Phi) is 7.30. The van der Waals surface area contributed by atoms with E-state index in [-0.39, 0.29) is 5.56 Å². The fraction of sp³-hybridized carbons (Fsp3) is 0.423. The lowest BCUT2D eigenvalue weighted by molar-refractivity contribution is 0.414. The number of aliphatic imine (C=N–C) groups is 1. The highest BCUT2D eigenvalue weighted by Crippen LogP contribution is 2.41. The molecular weight excluding hydrogens is 372 g/mol. The first-order valence-electron chi connectivity index (χ1n) is 10.8. The van der Waals surface area contributed by atoms with Crippen LogP contribution >= 0.6 is 0 Å². The van der Waals surface area contributed by atoms with Gasteiger partial charge < -0.3 is 9.30 Å². The summed E-state index contributed by atoms with van der Waals surface area (Å²) in [4.78, 5) is 16.5. The summed E-state index contributed by atoms with van der Waals surface area (Å²) in [5.41, 5.74) is 6.96. The molecule has 2 aliphatic carbocycles. The number of rotatable bonds is 4. The average Bonchev–Trinajstić information content (AvgIpc) is 3.52. The topological polar surface area (TPSA) is 43.6 Å². The molecule has 1 heterocycles. The molecule has 0 bridgehead atoms. The number of nitrogens with zero attached hydrogens (tertiary/aromatic N) is 2. The zero-order chi connectivity index (χ0) is 21.7. The molecule has 0 fully saturated rings. The van der Waals surface area contributed by atoms with Gasteiger partial charge in [0.15, 0.2) is 0 Å². The van der Waals surface area contributed by atoms with Gasteiger partial charge in [-0.2, -0.15) is 0 Å². The molecule has 2 aliphatic rings. The Morgan fingerprint density at radius 1 is 1.13 bits per heavy atom. The molecule has 4 nitrogen and oxygen atoms in total. The van der Waals surface area contributed by atoms with Crippen molar-refractivity contribution in [2.75, 3.05) is 14.2 Å². The first-order valence-corrected chi connectivity index (χ1v) is 10.8. The lowest BCUT2D eigenvalue weighted by Gasteiger charge is -2.13. The van der Waals surface area contributed by atoms with Crippen molar-refractivity contribution in [2.24, 2.45) is 10.9 Å². The number of aryl methyl sites for hydroxylation is 2. The molecule has 2 aromatic rings. The Morgan fingerprint density at radius 3 is 2.33 bits per heavy atom. The Labute approximate surface area is 180 Å². The van der Waals surface area contributed by atoms with Crippen LogP contribution in [0.5, 0.6) is 5.75 Å². The summed E-state index contributed by atoms with van der Waals surface area (Å²) >= 11 is 0. The maximum atomic E-state index is 12.6. The molecule has 0 aliphatic heterocycles. The summed E-state index contributed by atoms with van der Waals surface area (Å²) in [6.45, 7) is 6.79.